The van der Waals surface area contributed by atoms with Crippen LogP contribution in [0.1, 0.15) is 85.3 Å². The van der Waals surface area contributed by atoms with E-state index in [0.29, 0.717) is 0 Å². The van der Waals surface area contributed by atoms with Crippen molar-refractivity contribution >= 4 is 16.9 Å². The van der Waals surface area contributed by atoms with Crippen molar-refractivity contribution in [2.24, 2.45) is 22.7 Å². The first-order valence-electron chi connectivity index (χ1n) is 14.4. The van der Waals surface area contributed by atoms with E-state index in [9.17, 15) is 9.90 Å². The summed E-state index contributed by atoms with van der Waals surface area (Å²) in [4.78, 5) is 13.0. The average molecular weight is 521 g/mol. The second-order valence-corrected chi connectivity index (χ2v) is 12.7. The lowest BCUT2D eigenvalue weighted by Gasteiger charge is -2.37. The van der Waals surface area contributed by atoms with Gasteiger partial charge < -0.3 is 14.3 Å². The molecule has 0 spiro atoms. The summed E-state index contributed by atoms with van der Waals surface area (Å²) in [7, 11) is 0. The number of ether oxygens (including phenoxy) is 1. The molecule has 1 N–H and O–H groups in total. The summed E-state index contributed by atoms with van der Waals surface area (Å²) in [6.07, 6.45) is 5.51. The van der Waals surface area contributed by atoms with Crippen molar-refractivity contribution in [3.63, 3.8) is 0 Å². The van der Waals surface area contributed by atoms with Gasteiger partial charge in [0, 0.05) is 23.5 Å². The number of esters is 1. The minimum absolute atomic E-state index is 0.0289. The highest BCUT2D eigenvalue weighted by Crippen LogP contribution is 2.40. The second-order valence-electron chi connectivity index (χ2n) is 12.7. The highest BCUT2D eigenvalue weighted by atomic mass is 16.5. The molecule has 208 valence electrons. The number of hydrogen-bond donors (Lipinski definition) is 1. The number of unbranched alkanes of at least 4 members (excludes halogenated alkanes) is 1. The zero-order valence-electron chi connectivity index (χ0n) is 24.6. The Morgan fingerprint density at radius 2 is 1.76 bits per heavy atom. The summed E-state index contributed by atoms with van der Waals surface area (Å²) < 4.78 is 12.0. The SMILES string of the molecule is CCc1ccccc1-c1cc2ccc(CCCCC(CO)COC(=O)C(C)(CC(C)(C)C)C(C)C)cc2o1. The Morgan fingerprint density at radius 1 is 1.03 bits per heavy atom. The minimum atomic E-state index is -0.527. The maximum atomic E-state index is 13.0. The van der Waals surface area contributed by atoms with Gasteiger partial charge in [0.25, 0.3) is 0 Å². The van der Waals surface area contributed by atoms with Gasteiger partial charge >= 0.3 is 5.97 Å². The predicted molar refractivity (Wildman–Crippen MR) is 157 cm³/mol. The van der Waals surface area contributed by atoms with Crippen molar-refractivity contribution in [1.82, 2.24) is 0 Å². The van der Waals surface area contributed by atoms with Gasteiger partial charge in [0.1, 0.15) is 11.3 Å². The molecule has 3 rings (SSSR count). The van der Waals surface area contributed by atoms with Crippen molar-refractivity contribution in [3.05, 3.63) is 59.7 Å². The molecule has 0 aliphatic carbocycles. The van der Waals surface area contributed by atoms with Gasteiger partial charge in [-0.2, -0.15) is 0 Å². The summed E-state index contributed by atoms with van der Waals surface area (Å²) >= 11 is 0. The van der Waals surface area contributed by atoms with Crippen molar-refractivity contribution in [2.45, 2.75) is 87.0 Å². The largest absolute Gasteiger partial charge is 0.465 e. The van der Waals surface area contributed by atoms with Crippen molar-refractivity contribution in [2.75, 3.05) is 13.2 Å². The molecule has 0 saturated heterocycles. The molecule has 2 aromatic carbocycles. The Bertz CT molecular complexity index is 1180. The standard InChI is InChI=1S/C34H48O4/c1-8-27-15-11-12-16-29(27)31-20-28-18-17-25(19-30(28)38-31)13-9-10-14-26(21-35)22-37-32(36)34(7,24(2)3)23-33(4,5)6/h11-12,15-20,24,26,35H,8-10,13-14,21-23H2,1-7H3. The Hall–Kier alpha value is -2.59. The quantitative estimate of drug-likeness (QED) is 0.181. The summed E-state index contributed by atoms with van der Waals surface area (Å²) in [5.74, 6) is 0.934. The molecule has 4 nitrogen and oxygen atoms in total. The lowest BCUT2D eigenvalue weighted by Crippen LogP contribution is -2.39. The molecule has 0 saturated carbocycles. The lowest BCUT2D eigenvalue weighted by molar-refractivity contribution is -0.162. The molecular weight excluding hydrogens is 472 g/mol. The second kappa shape index (κ2) is 13.0. The number of carbonyl (C=O) groups excluding carboxylic acids is 1. The smallest absolute Gasteiger partial charge is 0.312 e. The molecule has 1 aromatic heterocycles. The van der Waals surface area contributed by atoms with Crippen LogP contribution in [0.15, 0.2) is 52.9 Å². The number of benzene rings is 2. The monoisotopic (exact) mass is 520 g/mol. The molecule has 0 aliphatic rings. The van der Waals surface area contributed by atoms with E-state index in [-0.39, 0.29) is 36.4 Å². The van der Waals surface area contributed by atoms with Gasteiger partial charge in [0.2, 0.25) is 0 Å². The van der Waals surface area contributed by atoms with Gasteiger partial charge in [-0.25, -0.2) is 0 Å². The molecule has 4 heteroatoms. The number of rotatable bonds is 13. The van der Waals surface area contributed by atoms with Crippen LogP contribution in [0.5, 0.6) is 0 Å². The van der Waals surface area contributed by atoms with Crippen LogP contribution in [0.4, 0.5) is 0 Å². The molecule has 1 heterocycles. The van der Waals surface area contributed by atoms with Crippen molar-refractivity contribution < 1.29 is 19.1 Å². The van der Waals surface area contributed by atoms with E-state index < -0.39 is 5.41 Å². The van der Waals surface area contributed by atoms with Gasteiger partial charge in [0.15, 0.2) is 0 Å². The Morgan fingerprint density at radius 3 is 2.42 bits per heavy atom. The molecule has 0 amide bonds. The van der Waals surface area contributed by atoms with E-state index in [1.165, 1.54) is 11.1 Å². The first kappa shape index (κ1) is 30.0. The van der Waals surface area contributed by atoms with Crippen LogP contribution in [0.25, 0.3) is 22.3 Å². The third kappa shape index (κ3) is 7.72. The highest BCUT2D eigenvalue weighted by Gasteiger charge is 2.41. The Balaban J connectivity index is 1.52. The van der Waals surface area contributed by atoms with E-state index in [4.69, 9.17) is 9.15 Å². The lowest BCUT2D eigenvalue weighted by atomic mass is 9.69. The van der Waals surface area contributed by atoms with Crippen LogP contribution >= 0.6 is 0 Å². The fourth-order valence-electron chi connectivity index (χ4n) is 5.39. The third-order valence-corrected chi connectivity index (χ3v) is 7.92. The Labute approximate surface area is 229 Å². The molecule has 0 aliphatic heterocycles. The molecular formula is C34H48O4. The third-order valence-electron chi connectivity index (χ3n) is 7.92. The molecule has 0 bridgehead atoms. The fourth-order valence-corrected chi connectivity index (χ4v) is 5.39. The van der Waals surface area contributed by atoms with Gasteiger partial charge in [0.05, 0.1) is 12.0 Å². The van der Waals surface area contributed by atoms with Crippen LogP contribution in [0, 0.1) is 22.7 Å². The average Bonchev–Trinajstić information content (AvgIpc) is 3.30. The predicted octanol–water partition coefficient (Wildman–Crippen LogP) is 8.63. The molecule has 3 aromatic rings. The topological polar surface area (TPSA) is 59.7 Å². The minimum Gasteiger partial charge on any atom is -0.465 e. The van der Waals surface area contributed by atoms with Gasteiger partial charge in [-0.05, 0) is 73.6 Å². The van der Waals surface area contributed by atoms with E-state index >= 15 is 0 Å². The van der Waals surface area contributed by atoms with Gasteiger partial charge in [-0.3, -0.25) is 4.79 Å². The first-order valence-corrected chi connectivity index (χ1v) is 14.4. The normalized spacial score (nSPS) is 14.6. The van der Waals surface area contributed by atoms with Crippen molar-refractivity contribution in [1.29, 1.82) is 0 Å². The molecule has 0 radical (unpaired) electrons. The summed E-state index contributed by atoms with van der Waals surface area (Å²) in [6.45, 7) is 15.1. The summed E-state index contributed by atoms with van der Waals surface area (Å²) in [5.41, 5.74) is 4.14. The fraction of sp³-hybridized carbons (Fsp3) is 0.559. The highest BCUT2D eigenvalue weighted by molar-refractivity contribution is 5.84. The molecule has 2 unspecified atom stereocenters. The Kier molecular flexibility index (Phi) is 10.2. The van der Waals surface area contributed by atoms with Crippen LogP contribution in [-0.4, -0.2) is 24.3 Å². The van der Waals surface area contributed by atoms with Crippen LogP contribution < -0.4 is 0 Å². The molecule has 2 atom stereocenters. The number of aliphatic hydroxyl groups is 1. The number of aliphatic hydroxyl groups excluding tert-OH is 1. The number of aryl methyl sites for hydroxylation is 2. The van der Waals surface area contributed by atoms with E-state index in [2.05, 4.69) is 90.1 Å². The number of carbonyl (C=O) groups is 1. The zero-order valence-corrected chi connectivity index (χ0v) is 24.6. The van der Waals surface area contributed by atoms with E-state index in [1.807, 2.05) is 6.92 Å². The molecule has 38 heavy (non-hydrogen) atoms. The summed E-state index contributed by atoms with van der Waals surface area (Å²) in [5, 5.41) is 11.0. The van der Waals surface area contributed by atoms with Crippen molar-refractivity contribution in [3.8, 4) is 11.3 Å². The zero-order chi connectivity index (χ0) is 27.9. The first-order chi connectivity index (χ1) is 18.0. The number of furan rings is 1. The van der Waals surface area contributed by atoms with Crippen LogP contribution in [0.2, 0.25) is 0 Å². The molecule has 0 fully saturated rings. The van der Waals surface area contributed by atoms with Gasteiger partial charge in [-0.15, -0.1) is 0 Å². The van der Waals surface area contributed by atoms with Crippen LogP contribution in [0.3, 0.4) is 0 Å². The maximum Gasteiger partial charge on any atom is 0.312 e. The summed E-state index contributed by atoms with van der Waals surface area (Å²) in [6, 6.07) is 17.0. The number of fused-ring (bicyclic) bond motifs is 1. The van der Waals surface area contributed by atoms with Crippen LogP contribution in [-0.2, 0) is 22.4 Å². The van der Waals surface area contributed by atoms with Gasteiger partial charge in [-0.1, -0.05) is 84.4 Å². The van der Waals surface area contributed by atoms with E-state index in [1.54, 1.807) is 0 Å². The number of hydrogen-bond acceptors (Lipinski definition) is 4. The maximum absolute atomic E-state index is 13.0. The van der Waals surface area contributed by atoms with E-state index in [0.717, 1.165) is 60.8 Å².